The highest BCUT2D eigenvalue weighted by atomic mass is 79.9. The molecule has 1 aliphatic carbocycles. The molecular weight excluding hydrogens is 284 g/mol. The summed E-state index contributed by atoms with van der Waals surface area (Å²) in [5.74, 6) is 0.198. The van der Waals surface area contributed by atoms with Gasteiger partial charge in [0.05, 0.1) is 11.8 Å². The van der Waals surface area contributed by atoms with Crippen LogP contribution < -0.4 is 5.32 Å². The van der Waals surface area contributed by atoms with Crippen LogP contribution in [-0.4, -0.2) is 27.4 Å². The monoisotopic (exact) mass is 298 g/mol. The van der Waals surface area contributed by atoms with Crippen molar-refractivity contribution < 1.29 is 9.90 Å². The third kappa shape index (κ3) is 2.77. The van der Waals surface area contributed by atoms with Crippen molar-refractivity contribution in [3.05, 3.63) is 24.0 Å². The average molecular weight is 299 g/mol. The molecule has 0 saturated heterocycles. The van der Waals surface area contributed by atoms with Gasteiger partial charge in [0.25, 0.3) is 5.91 Å². The molecule has 4 nitrogen and oxygen atoms in total. The van der Waals surface area contributed by atoms with Gasteiger partial charge in [-0.15, -0.1) is 0 Å². The Morgan fingerprint density at radius 2 is 2.41 bits per heavy atom. The van der Waals surface area contributed by atoms with E-state index in [2.05, 4.69) is 26.2 Å². The molecule has 0 aromatic carbocycles. The average Bonchev–Trinajstić information content (AvgIpc) is 2.76. The number of nitrogens with one attached hydrogen (secondary N) is 1. The predicted molar refractivity (Wildman–Crippen MR) is 68.3 cm³/mol. The SMILES string of the molecule is O=C(NC1CCCC1CBr)c1ccncc1O. The van der Waals surface area contributed by atoms with Gasteiger partial charge in [0.2, 0.25) is 0 Å². The number of pyridine rings is 1. The van der Waals surface area contributed by atoms with Gasteiger partial charge < -0.3 is 10.4 Å². The van der Waals surface area contributed by atoms with Crippen LogP contribution in [0, 0.1) is 5.92 Å². The topological polar surface area (TPSA) is 62.2 Å². The molecule has 17 heavy (non-hydrogen) atoms. The quantitative estimate of drug-likeness (QED) is 0.840. The molecule has 5 heteroatoms. The molecule has 1 heterocycles. The van der Waals surface area contributed by atoms with Crippen molar-refractivity contribution in [3.63, 3.8) is 0 Å². The lowest BCUT2D eigenvalue weighted by Gasteiger charge is -2.19. The molecule has 1 aromatic heterocycles. The summed E-state index contributed by atoms with van der Waals surface area (Å²) >= 11 is 3.47. The smallest absolute Gasteiger partial charge is 0.255 e. The van der Waals surface area contributed by atoms with E-state index in [9.17, 15) is 9.90 Å². The van der Waals surface area contributed by atoms with E-state index in [1.165, 1.54) is 18.5 Å². The van der Waals surface area contributed by atoms with E-state index in [0.29, 0.717) is 11.5 Å². The van der Waals surface area contributed by atoms with Gasteiger partial charge in [-0.2, -0.15) is 0 Å². The Labute approximate surface area is 109 Å². The largest absolute Gasteiger partial charge is 0.505 e. The molecule has 2 N–H and O–H groups in total. The highest BCUT2D eigenvalue weighted by Gasteiger charge is 2.28. The van der Waals surface area contributed by atoms with Gasteiger partial charge in [0.15, 0.2) is 0 Å². The van der Waals surface area contributed by atoms with Crippen LogP contribution in [-0.2, 0) is 0 Å². The Morgan fingerprint density at radius 1 is 1.59 bits per heavy atom. The Hall–Kier alpha value is -1.10. The number of halogens is 1. The number of rotatable bonds is 3. The fourth-order valence-electron chi connectivity index (χ4n) is 2.24. The van der Waals surface area contributed by atoms with Crippen LogP contribution in [0.1, 0.15) is 29.6 Å². The molecule has 1 aromatic rings. The summed E-state index contributed by atoms with van der Waals surface area (Å²) in [6.45, 7) is 0. The minimum absolute atomic E-state index is 0.0709. The lowest BCUT2D eigenvalue weighted by atomic mass is 10.1. The highest BCUT2D eigenvalue weighted by Crippen LogP contribution is 2.27. The zero-order chi connectivity index (χ0) is 12.3. The van der Waals surface area contributed by atoms with Crippen LogP contribution in [0.15, 0.2) is 18.5 Å². The van der Waals surface area contributed by atoms with Crippen molar-refractivity contribution in [2.45, 2.75) is 25.3 Å². The van der Waals surface area contributed by atoms with Crippen LogP contribution >= 0.6 is 15.9 Å². The summed E-state index contributed by atoms with van der Waals surface area (Å²) in [6.07, 6.45) is 6.08. The van der Waals surface area contributed by atoms with E-state index in [1.54, 1.807) is 0 Å². The molecule has 0 spiro atoms. The molecule has 0 bridgehead atoms. The number of aromatic hydroxyl groups is 1. The van der Waals surface area contributed by atoms with E-state index in [4.69, 9.17) is 0 Å². The van der Waals surface area contributed by atoms with Gasteiger partial charge in [-0.05, 0) is 24.8 Å². The molecule has 0 aliphatic heterocycles. The van der Waals surface area contributed by atoms with E-state index in [-0.39, 0.29) is 17.7 Å². The highest BCUT2D eigenvalue weighted by molar-refractivity contribution is 9.09. The van der Waals surface area contributed by atoms with Crippen LogP contribution in [0.5, 0.6) is 5.75 Å². The van der Waals surface area contributed by atoms with Crippen molar-refractivity contribution in [2.24, 2.45) is 5.92 Å². The van der Waals surface area contributed by atoms with E-state index in [1.807, 2.05) is 0 Å². The Morgan fingerprint density at radius 3 is 3.12 bits per heavy atom. The number of hydrogen-bond donors (Lipinski definition) is 2. The molecule has 2 atom stereocenters. The van der Waals surface area contributed by atoms with E-state index < -0.39 is 0 Å². The number of aromatic nitrogens is 1. The predicted octanol–water partition coefficient (Wildman–Crippen LogP) is 2.08. The number of alkyl halides is 1. The maximum atomic E-state index is 12.0. The zero-order valence-corrected chi connectivity index (χ0v) is 11.0. The first kappa shape index (κ1) is 12.4. The summed E-state index contributed by atoms with van der Waals surface area (Å²) in [6, 6.07) is 1.73. The molecule has 1 fully saturated rings. The summed E-state index contributed by atoms with van der Waals surface area (Å²) < 4.78 is 0. The molecule has 2 unspecified atom stereocenters. The van der Waals surface area contributed by atoms with Gasteiger partial charge in [0, 0.05) is 17.6 Å². The zero-order valence-electron chi connectivity index (χ0n) is 9.40. The fourth-order valence-corrected chi connectivity index (χ4v) is 3.01. The number of nitrogens with zero attached hydrogens (tertiary/aromatic N) is 1. The minimum Gasteiger partial charge on any atom is -0.505 e. The van der Waals surface area contributed by atoms with Crippen LogP contribution in [0.4, 0.5) is 0 Å². The lowest BCUT2D eigenvalue weighted by molar-refractivity contribution is 0.0927. The van der Waals surface area contributed by atoms with Crippen molar-refractivity contribution in [1.29, 1.82) is 0 Å². The third-order valence-electron chi connectivity index (χ3n) is 3.22. The van der Waals surface area contributed by atoms with Crippen molar-refractivity contribution in [2.75, 3.05) is 5.33 Å². The first-order chi connectivity index (χ1) is 8.22. The molecule has 1 amide bonds. The fraction of sp³-hybridized carbons (Fsp3) is 0.500. The molecular formula is C12H15BrN2O2. The first-order valence-corrected chi connectivity index (χ1v) is 6.84. The second kappa shape index (κ2) is 5.49. The summed E-state index contributed by atoms with van der Waals surface area (Å²) in [5.41, 5.74) is 0.292. The number of carbonyl (C=O) groups excluding carboxylic acids is 1. The number of carbonyl (C=O) groups is 1. The van der Waals surface area contributed by atoms with Gasteiger partial charge in [-0.25, -0.2) is 0 Å². The Balaban J connectivity index is 2.04. The normalized spacial score (nSPS) is 23.6. The maximum absolute atomic E-state index is 12.0. The van der Waals surface area contributed by atoms with Crippen LogP contribution in [0.25, 0.3) is 0 Å². The van der Waals surface area contributed by atoms with E-state index in [0.717, 1.165) is 24.6 Å². The van der Waals surface area contributed by atoms with Crippen molar-refractivity contribution >= 4 is 21.8 Å². The minimum atomic E-state index is -0.220. The number of hydrogen-bond acceptors (Lipinski definition) is 3. The summed E-state index contributed by atoms with van der Waals surface area (Å²) in [7, 11) is 0. The number of amides is 1. The molecule has 2 rings (SSSR count). The van der Waals surface area contributed by atoms with Gasteiger partial charge in [-0.1, -0.05) is 22.4 Å². The van der Waals surface area contributed by atoms with Crippen LogP contribution in [0.2, 0.25) is 0 Å². The standard InChI is InChI=1S/C12H15BrN2O2/c13-6-8-2-1-3-10(8)15-12(17)9-4-5-14-7-11(9)16/h4-5,7-8,10,16H,1-3,6H2,(H,15,17). The van der Waals surface area contributed by atoms with Crippen molar-refractivity contribution in [1.82, 2.24) is 10.3 Å². The Bertz CT molecular complexity index is 411. The third-order valence-corrected chi connectivity index (χ3v) is 4.05. The molecule has 1 saturated carbocycles. The molecule has 1 aliphatic rings. The van der Waals surface area contributed by atoms with E-state index >= 15 is 0 Å². The second-order valence-corrected chi connectivity index (χ2v) is 4.97. The summed E-state index contributed by atoms with van der Waals surface area (Å²) in [5, 5.41) is 13.4. The second-order valence-electron chi connectivity index (χ2n) is 4.32. The van der Waals surface area contributed by atoms with Gasteiger partial charge in [0.1, 0.15) is 5.75 Å². The van der Waals surface area contributed by atoms with Gasteiger partial charge in [-0.3, -0.25) is 9.78 Å². The lowest BCUT2D eigenvalue weighted by Crippen LogP contribution is -2.37. The first-order valence-electron chi connectivity index (χ1n) is 5.72. The van der Waals surface area contributed by atoms with Crippen LogP contribution in [0.3, 0.4) is 0 Å². The van der Waals surface area contributed by atoms with Crippen molar-refractivity contribution in [3.8, 4) is 5.75 Å². The summed E-state index contributed by atoms with van der Waals surface area (Å²) in [4.78, 5) is 15.7. The Kier molecular flexibility index (Phi) is 3.99. The maximum Gasteiger partial charge on any atom is 0.255 e. The molecule has 92 valence electrons. The van der Waals surface area contributed by atoms with Gasteiger partial charge >= 0.3 is 0 Å². The molecule has 0 radical (unpaired) electrons.